The molecule has 1 fully saturated rings. The van der Waals surface area contributed by atoms with E-state index in [1.807, 2.05) is 12.1 Å². The van der Waals surface area contributed by atoms with Crippen LogP contribution in [0.15, 0.2) is 22.5 Å². The Morgan fingerprint density at radius 2 is 2.15 bits per heavy atom. The van der Waals surface area contributed by atoms with Crippen molar-refractivity contribution in [3.63, 3.8) is 0 Å². The van der Waals surface area contributed by atoms with E-state index in [1.54, 1.807) is 6.07 Å². The molecule has 0 radical (unpaired) electrons. The van der Waals surface area contributed by atoms with E-state index in [-0.39, 0.29) is 30.6 Å². The van der Waals surface area contributed by atoms with Crippen LogP contribution in [0.1, 0.15) is 18.4 Å². The summed E-state index contributed by atoms with van der Waals surface area (Å²) < 4.78 is 6.39. The number of aromatic nitrogens is 2. The van der Waals surface area contributed by atoms with E-state index < -0.39 is 12.5 Å². The quantitative estimate of drug-likeness (QED) is 0.195. The van der Waals surface area contributed by atoms with Crippen molar-refractivity contribution in [2.24, 2.45) is 5.73 Å². The number of aliphatic hydroxyl groups excluding tert-OH is 2. The van der Waals surface area contributed by atoms with Gasteiger partial charge >= 0.3 is 0 Å². The van der Waals surface area contributed by atoms with E-state index in [1.165, 1.54) is 23.1 Å². The van der Waals surface area contributed by atoms with E-state index in [4.69, 9.17) is 38.8 Å². The molecule has 1 aromatic carbocycles. The number of halogens is 2. The molecule has 188 valence electrons. The summed E-state index contributed by atoms with van der Waals surface area (Å²) in [5.41, 5.74) is 6.33. The highest BCUT2D eigenvalue weighted by Gasteiger charge is 2.21. The van der Waals surface area contributed by atoms with Crippen LogP contribution in [-0.4, -0.2) is 81.8 Å². The Bertz CT molecular complexity index is 938. The number of nitrogens with one attached hydrogen (secondary N) is 2. The minimum Gasteiger partial charge on any atom is -0.379 e. The van der Waals surface area contributed by atoms with E-state index in [2.05, 4.69) is 25.7 Å². The number of thioether (sulfide) groups is 1. The number of amides is 1. The van der Waals surface area contributed by atoms with E-state index >= 15 is 0 Å². The first-order valence-corrected chi connectivity index (χ1v) is 13.2. The van der Waals surface area contributed by atoms with Gasteiger partial charge in [-0.2, -0.15) is 0 Å². The molecule has 1 aromatic heterocycles. The fourth-order valence-electron chi connectivity index (χ4n) is 3.22. The molecule has 0 saturated carbocycles. The predicted octanol–water partition coefficient (Wildman–Crippen LogP) is 1.74. The van der Waals surface area contributed by atoms with Crippen molar-refractivity contribution in [3.8, 4) is 0 Å². The number of nitrogens with zero attached hydrogens (tertiary/aromatic N) is 3. The van der Waals surface area contributed by atoms with E-state index in [0.717, 1.165) is 18.7 Å². The minimum absolute atomic E-state index is 0.101. The molecule has 34 heavy (non-hydrogen) atoms. The first-order chi connectivity index (χ1) is 16.3. The van der Waals surface area contributed by atoms with Crippen molar-refractivity contribution < 1.29 is 19.7 Å². The summed E-state index contributed by atoms with van der Waals surface area (Å²) in [6, 6.07) is 5.62. The SMILES string of the molecule is N[C@@H](O)CC[C@H](O)Nc1nnc(SCC(=O)NC[C@H]2CN(Cc3ccc(Cl)c(Cl)c3)CCO2)s1. The zero-order valence-corrected chi connectivity index (χ0v) is 21.5. The average Bonchev–Trinajstić information content (AvgIpc) is 3.25. The van der Waals surface area contributed by atoms with Crippen molar-refractivity contribution in [2.45, 2.75) is 42.3 Å². The van der Waals surface area contributed by atoms with Crippen LogP contribution in [0, 0.1) is 0 Å². The molecule has 3 rings (SSSR count). The monoisotopic (exact) mass is 550 g/mol. The van der Waals surface area contributed by atoms with Crippen LogP contribution in [0.5, 0.6) is 0 Å². The molecule has 1 saturated heterocycles. The van der Waals surface area contributed by atoms with Gasteiger partial charge in [0.1, 0.15) is 12.5 Å². The van der Waals surface area contributed by atoms with Gasteiger partial charge in [-0.25, -0.2) is 0 Å². The average molecular weight is 552 g/mol. The summed E-state index contributed by atoms with van der Waals surface area (Å²) in [7, 11) is 0. The molecule has 14 heteroatoms. The van der Waals surface area contributed by atoms with Gasteiger partial charge in [-0.1, -0.05) is 52.4 Å². The first-order valence-electron chi connectivity index (χ1n) is 10.7. The zero-order valence-electron chi connectivity index (χ0n) is 18.3. The lowest BCUT2D eigenvalue weighted by Crippen LogP contribution is -2.47. The molecular formula is C20H28Cl2N6O4S2. The Kier molecular flexibility index (Phi) is 11.1. The van der Waals surface area contributed by atoms with Crippen LogP contribution in [0.25, 0.3) is 0 Å². The summed E-state index contributed by atoms with van der Waals surface area (Å²) in [6.07, 6.45) is -1.43. The zero-order chi connectivity index (χ0) is 24.5. The number of carbonyl (C=O) groups is 1. The standard InChI is InChI=1S/C20H28Cl2N6O4S2/c21-14-2-1-12(7-15(14)22)9-28-5-6-32-13(10-28)8-24-18(31)11-33-20-27-26-19(34-20)25-17(30)4-3-16(23)29/h1-2,7,13,16-17,29-30H,3-6,8-11,23H2,(H,24,31)(H,25,26)/t13-,16-,17-/m0/s1. The molecule has 2 heterocycles. The van der Waals surface area contributed by atoms with Gasteiger partial charge in [0.25, 0.3) is 0 Å². The Balaban J connectivity index is 1.35. The lowest BCUT2D eigenvalue weighted by atomic mass is 10.2. The Morgan fingerprint density at radius 1 is 1.32 bits per heavy atom. The molecule has 1 aliphatic rings. The maximum Gasteiger partial charge on any atom is 0.230 e. The number of benzene rings is 1. The summed E-state index contributed by atoms with van der Waals surface area (Å²) in [6.45, 7) is 3.24. The molecule has 0 aliphatic carbocycles. The highest BCUT2D eigenvalue weighted by molar-refractivity contribution is 8.01. The van der Waals surface area contributed by atoms with Crippen molar-refractivity contribution in [1.82, 2.24) is 20.4 Å². The number of anilines is 1. The van der Waals surface area contributed by atoms with Crippen molar-refractivity contribution in [3.05, 3.63) is 33.8 Å². The van der Waals surface area contributed by atoms with Crippen LogP contribution in [0.4, 0.5) is 5.13 Å². The highest BCUT2D eigenvalue weighted by atomic mass is 35.5. The molecule has 1 amide bonds. The summed E-state index contributed by atoms with van der Waals surface area (Å²) in [5.74, 6) is 0.0628. The van der Waals surface area contributed by atoms with Crippen molar-refractivity contribution in [2.75, 3.05) is 37.3 Å². The van der Waals surface area contributed by atoms with E-state index in [9.17, 15) is 9.90 Å². The second kappa shape index (κ2) is 13.8. The van der Waals surface area contributed by atoms with Gasteiger partial charge in [0, 0.05) is 26.2 Å². The molecule has 3 atom stereocenters. The first kappa shape index (κ1) is 27.4. The maximum atomic E-state index is 12.3. The van der Waals surface area contributed by atoms with Gasteiger partial charge in [-0.3, -0.25) is 9.69 Å². The molecular weight excluding hydrogens is 523 g/mol. The number of ether oxygens (including phenoxy) is 1. The number of aliphatic hydroxyl groups is 2. The molecule has 1 aliphatic heterocycles. The topological polar surface area (TPSA) is 146 Å². The normalized spacial score (nSPS) is 18.4. The third kappa shape index (κ3) is 9.44. The number of hydrogen-bond donors (Lipinski definition) is 5. The summed E-state index contributed by atoms with van der Waals surface area (Å²) in [5, 5.41) is 34.1. The lowest BCUT2D eigenvalue weighted by molar-refractivity contribution is -0.119. The van der Waals surface area contributed by atoms with Gasteiger partial charge in [0.15, 0.2) is 4.34 Å². The Labute approximate surface area is 216 Å². The van der Waals surface area contributed by atoms with E-state index in [0.29, 0.717) is 39.2 Å². The molecule has 6 N–H and O–H groups in total. The maximum absolute atomic E-state index is 12.3. The van der Waals surface area contributed by atoms with Crippen LogP contribution >= 0.6 is 46.3 Å². The molecule has 2 aromatic rings. The van der Waals surface area contributed by atoms with Gasteiger partial charge in [-0.15, -0.1) is 10.2 Å². The molecule has 10 nitrogen and oxygen atoms in total. The number of rotatable bonds is 12. The minimum atomic E-state index is -0.972. The number of morpholine rings is 1. The van der Waals surface area contributed by atoms with Crippen LogP contribution in [-0.2, 0) is 16.1 Å². The number of carbonyl (C=O) groups excluding carboxylic acids is 1. The second-order valence-electron chi connectivity index (χ2n) is 7.75. The lowest BCUT2D eigenvalue weighted by Gasteiger charge is -2.33. The molecule has 0 bridgehead atoms. The summed E-state index contributed by atoms with van der Waals surface area (Å²) in [4.78, 5) is 14.5. The van der Waals surface area contributed by atoms with Gasteiger partial charge in [0.05, 0.1) is 28.5 Å². The fourth-order valence-corrected chi connectivity index (χ4v) is 5.17. The second-order valence-corrected chi connectivity index (χ2v) is 10.8. The Hall–Kier alpha value is -1.22. The number of hydrogen-bond acceptors (Lipinski definition) is 11. The highest BCUT2D eigenvalue weighted by Crippen LogP contribution is 2.26. The van der Waals surface area contributed by atoms with Crippen LogP contribution < -0.4 is 16.4 Å². The van der Waals surface area contributed by atoms with Gasteiger partial charge in [-0.05, 0) is 30.5 Å². The molecule has 0 spiro atoms. The molecule has 0 unspecified atom stereocenters. The largest absolute Gasteiger partial charge is 0.379 e. The van der Waals surface area contributed by atoms with Gasteiger partial charge < -0.3 is 31.3 Å². The fraction of sp³-hybridized carbons (Fsp3) is 0.550. The third-order valence-electron chi connectivity index (χ3n) is 4.90. The van der Waals surface area contributed by atoms with Crippen molar-refractivity contribution in [1.29, 1.82) is 0 Å². The smallest absolute Gasteiger partial charge is 0.230 e. The van der Waals surface area contributed by atoms with Crippen molar-refractivity contribution >= 4 is 57.3 Å². The third-order valence-corrected chi connectivity index (χ3v) is 7.63. The summed E-state index contributed by atoms with van der Waals surface area (Å²) >= 11 is 14.6. The van der Waals surface area contributed by atoms with Gasteiger partial charge in [0.2, 0.25) is 11.0 Å². The number of nitrogens with two attached hydrogens (primary N) is 1. The predicted molar refractivity (Wildman–Crippen MR) is 134 cm³/mol. The Morgan fingerprint density at radius 3 is 2.91 bits per heavy atom. The van der Waals surface area contributed by atoms with Crippen LogP contribution in [0.2, 0.25) is 10.0 Å². The van der Waals surface area contributed by atoms with Crippen LogP contribution in [0.3, 0.4) is 0 Å².